The van der Waals surface area contributed by atoms with E-state index < -0.39 is 6.43 Å². The Bertz CT molecular complexity index is 86.2. The van der Waals surface area contributed by atoms with Crippen molar-refractivity contribution < 1.29 is 13.9 Å². The number of hydrogen-bond donors (Lipinski definition) is 1. The van der Waals surface area contributed by atoms with Crippen molar-refractivity contribution in [2.45, 2.75) is 39.0 Å². The minimum Gasteiger partial charge on any atom is -0.396 e. The summed E-state index contributed by atoms with van der Waals surface area (Å²) in [6.45, 7) is 2.11. The fraction of sp³-hybridized carbons (Fsp3) is 1.00. The molecule has 1 N–H and O–H groups in total. The lowest BCUT2D eigenvalue weighted by Gasteiger charge is -2.08. The first-order chi connectivity index (χ1) is 5.16. The molecule has 0 heterocycles. The van der Waals surface area contributed by atoms with E-state index >= 15 is 0 Å². The number of aliphatic hydroxyl groups excluding tert-OH is 1. The zero-order valence-electron chi connectivity index (χ0n) is 6.89. The average molecular weight is 166 g/mol. The number of rotatable bonds is 6. The van der Waals surface area contributed by atoms with E-state index in [9.17, 15) is 8.78 Å². The highest BCUT2D eigenvalue weighted by molar-refractivity contribution is 4.54. The zero-order chi connectivity index (χ0) is 8.69. The van der Waals surface area contributed by atoms with Gasteiger partial charge in [0.15, 0.2) is 0 Å². The van der Waals surface area contributed by atoms with Crippen LogP contribution in [0.2, 0.25) is 0 Å². The van der Waals surface area contributed by atoms with Gasteiger partial charge in [-0.05, 0) is 25.2 Å². The smallest absolute Gasteiger partial charge is 0.238 e. The molecule has 1 nitrogen and oxygen atoms in total. The highest BCUT2D eigenvalue weighted by Gasteiger charge is 2.06. The number of aliphatic hydroxyl groups is 1. The van der Waals surface area contributed by atoms with Gasteiger partial charge >= 0.3 is 0 Å². The van der Waals surface area contributed by atoms with Gasteiger partial charge in [-0.1, -0.05) is 6.92 Å². The van der Waals surface area contributed by atoms with Crippen molar-refractivity contribution in [1.82, 2.24) is 0 Å². The third-order valence-corrected chi connectivity index (χ3v) is 1.73. The van der Waals surface area contributed by atoms with Gasteiger partial charge in [-0.2, -0.15) is 0 Å². The minimum atomic E-state index is -2.17. The predicted octanol–water partition coefficient (Wildman–Crippen LogP) is 2.44. The summed E-state index contributed by atoms with van der Waals surface area (Å²) in [7, 11) is 0. The number of alkyl halides is 2. The average Bonchev–Trinajstić information content (AvgIpc) is 1.97. The number of hydrogen-bond acceptors (Lipinski definition) is 1. The Labute approximate surface area is 66.4 Å². The Morgan fingerprint density at radius 2 is 1.82 bits per heavy atom. The van der Waals surface area contributed by atoms with Gasteiger partial charge in [0.2, 0.25) is 6.43 Å². The van der Waals surface area contributed by atoms with Gasteiger partial charge in [0.05, 0.1) is 0 Å². The molecule has 68 valence electrons. The van der Waals surface area contributed by atoms with Crippen molar-refractivity contribution in [2.24, 2.45) is 5.92 Å². The fourth-order valence-electron chi connectivity index (χ4n) is 0.995. The van der Waals surface area contributed by atoms with Crippen LogP contribution in [-0.4, -0.2) is 18.1 Å². The summed E-state index contributed by atoms with van der Waals surface area (Å²) in [6.07, 6.45) is -0.0377. The minimum absolute atomic E-state index is 0.00735. The highest BCUT2D eigenvalue weighted by Crippen LogP contribution is 2.15. The second-order valence-corrected chi connectivity index (χ2v) is 2.94. The van der Waals surface area contributed by atoms with Crippen LogP contribution in [0.15, 0.2) is 0 Å². The van der Waals surface area contributed by atoms with Crippen molar-refractivity contribution in [3.63, 3.8) is 0 Å². The van der Waals surface area contributed by atoms with E-state index in [0.717, 1.165) is 12.8 Å². The molecule has 1 atom stereocenters. The van der Waals surface area contributed by atoms with Crippen LogP contribution in [0.25, 0.3) is 0 Å². The Morgan fingerprint density at radius 3 is 2.27 bits per heavy atom. The van der Waals surface area contributed by atoms with Crippen LogP contribution in [0, 0.1) is 5.92 Å². The molecule has 0 aromatic heterocycles. The summed E-state index contributed by atoms with van der Waals surface area (Å²) in [4.78, 5) is 0. The molecule has 0 aromatic carbocycles. The van der Waals surface area contributed by atoms with Gasteiger partial charge in [-0.15, -0.1) is 0 Å². The van der Waals surface area contributed by atoms with E-state index in [0.29, 0.717) is 12.3 Å². The van der Waals surface area contributed by atoms with E-state index in [-0.39, 0.29) is 13.0 Å². The van der Waals surface area contributed by atoms with Crippen LogP contribution >= 0.6 is 0 Å². The van der Waals surface area contributed by atoms with Gasteiger partial charge in [0, 0.05) is 13.0 Å². The largest absolute Gasteiger partial charge is 0.396 e. The second-order valence-electron chi connectivity index (χ2n) is 2.94. The molecule has 0 aliphatic rings. The van der Waals surface area contributed by atoms with E-state index in [4.69, 9.17) is 5.11 Å². The first-order valence-corrected chi connectivity index (χ1v) is 4.05. The zero-order valence-corrected chi connectivity index (χ0v) is 6.89. The molecule has 0 amide bonds. The molecule has 0 aliphatic heterocycles. The molecule has 0 saturated carbocycles. The van der Waals surface area contributed by atoms with Gasteiger partial charge in [0.25, 0.3) is 0 Å². The monoisotopic (exact) mass is 166 g/mol. The second kappa shape index (κ2) is 6.53. The molecule has 0 unspecified atom stereocenters. The maximum absolute atomic E-state index is 11.7. The van der Waals surface area contributed by atoms with Gasteiger partial charge in [0.1, 0.15) is 0 Å². The lowest BCUT2D eigenvalue weighted by molar-refractivity contribution is 0.127. The Balaban J connectivity index is 3.15. The molecular formula is C8H16F2O. The molecule has 0 rings (SSSR count). The van der Waals surface area contributed by atoms with Crippen molar-refractivity contribution in [3.8, 4) is 0 Å². The SMILES string of the molecule is C[C@@H](CCCO)CCC(F)F. The summed E-state index contributed by atoms with van der Waals surface area (Å²) in [6, 6.07) is 0. The van der Waals surface area contributed by atoms with Crippen LogP contribution < -0.4 is 0 Å². The molecule has 0 bridgehead atoms. The van der Waals surface area contributed by atoms with E-state index in [1.165, 1.54) is 0 Å². The topological polar surface area (TPSA) is 20.2 Å². The normalized spacial score (nSPS) is 13.9. The lowest BCUT2D eigenvalue weighted by Crippen LogP contribution is -2.00. The summed E-state index contributed by atoms with van der Waals surface area (Å²) in [5.41, 5.74) is 0. The molecule has 0 saturated heterocycles. The maximum atomic E-state index is 11.7. The molecule has 0 spiro atoms. The maximum Gasteiger partial charge on any atom is 0.238 e. The lowest BCUT2D eigenvalue weighted by atomic mass is 10.0. The molecule has 0 radical (unpaired) electrons. The molecule has 3 heteroatoms. The molecule has 11 heavy (non-hydrogen) atoms. The number of halogens is 2. The van der Waals surface area contributed by atoms with Gasteiger partial charge in [-0.3, -0.25) is 0 Å². The first kappa shape index (κ1) is 10.8. The van der Waals surface area contributed by atoms with Crippen molar-refractivity contribution in [1.29, 1.82) is 0 Å². The molecule has 0 aliphatic carbocycles. The summed E-state index contributed by atoms with van der Waals surface area (Å²) >= 11 is 0. The molecule has 0 aromatic rings. The van der Waals surface area contributed by atoms with E-state index in [1.54, 1.807) is 0 Å². The molecule has 0 fully saturated rings. The Hall–Kier alpha value is -0.180. The van der Waals surface area contributed by atoms with Crippen molar-refractivity contribution in [2.75, 3.05) is 6.61 Å². The van der Waals surface area contributed by atoms with Gasteiger partial charge in [-0.25, -0.2) is 8.78 Å². The third kappa shape index (κ3) is 7.72. The molecular weight excluding hydrogens is 150 g/mol. The standard InChI is InChI=1S/C8H16F2O/c1-7(3-2-6-11)4-5-8(9)10/h7-8,11H,2-6H2,1H3/t7-/m0/s1. The van der Waals surface area contributed by atoms with E-state index in [1.807, 2.05) is 6.92 Å². The summed E-state index contributed by atoms with van der Waals surface area (Å²) in [5.74, 6) is 0.316. The van der Waals surface area contributed by atoms with Crippen LogP contribution in [0.1, 0.15) is 32.6 Å². The first-order valence-electron chi connectivity index (χ1n) is 4.05. The van der Waals surface area contributed by atoms with Crippen molar-refractivity contribution >= 4 is 0 Å². The summed E-state index contributed by atoms with van der Waals surface area (Å²) < 4.78 is 23.3. The third-order valence-electron chi connectivity index (χ3n) is 1.73. The summed E-state index contributed by atoms with van der Waals surface area (Å²) in [5, 5.41) is 8.44. The fourth-order valence-corrected chi connectivity index (χ4v) is 0.995. The quantitative estimate of drug-likeness (QED) is 0.642. The van der Waals surface area contributed by atoms with Crippen LogP contribution in [0.3, 0.4) is 0 Å². The van der Waals surface area contributed by atoms with Crippen LogP contribution in [0.5, 0.6) is 0 Å². The van der Waals surface area contributed by atoms with E-state index in [2.05, 4.69) is 0 Å². The Morgan fingerprint density at radius 1 is 1.18 bits per heavy atom. The van der Waals surface area contributed by atoms with Crippen LogP contribution in [-0.2, 0) is 0 Å². The van der Waals surface area contributed by atoms with Gasteiger partial charge < -0.3 is 5.11 Å². The Kier molecular flexibility index (Phi) is 6.42. The highest BCUT2D eigenvalue weighted by atomic mass is 19.3. The predicted molar refractivity (Wildman–Crippen MR) is 40.7 cm³/mol. The van der Waals surface area contributed by atoms with Crippen molar-refractivity contribution in [3.05, 3.63) is 0 Å². The van der Waals surface area contributed by atoms with Crippen LogP contribution in [0.4, 0.5) is 8.78 Å².